The molecule has 2 aromatic carbocycles. The summed E-state index contributed by atoms with van der Waals surface area (Å²) in [6.07, 6.45) is 10.0. The van der Waals surface area contributed by atoms with E-state index in [9.17, 15) is 19.2 Å². The molecule has 0 aromatic heterocycles. The molecule has 6 nitrogen and oxygen atoms in total. The van der Waals surface area contributed by atoms with E-state index < -0.39 is 10.8 Å². The molecule has 2 aromatic rings. The van der Waals surface area contributed by atoms with Crippen molar-refractivity contribution in [2.24, 2.45) is 22.7 Å². The van der Waals surface area contributed by atoms with E-state index in [1.807, 2.05) is 64.1 Å². The first-order valence-electron chi connectivity index (χ1n) is 16.8. The van der Waals surface area contributed by atoms with Crippen molar-refractivity contribution in [2.75, 3.05) is 13.2 Å². The maximum absolute atomic E-state index is 13.3. The quantitative estimate of drug-likeness (QED) is 0.121. The minimum absolute atomic E-state index is 0.0675. The molecular weight excluding hydrogens is 576 g/mol. The summed E-state index contributed by atoms with van der Waals surface area (Å²) in [5, 5.41) is 0. The highest BCUT2D eigenvalue weighted by molar-refractivity contribution is 6.20. The van der Waals surface area contributed by atoms with Crippen LogP contribution >= 0.6 is 0 Å². The smallest absolute Gasteiger partial charge is 0.338 e. The van der Waals surface area contributed by atoms with E-state index in [0.717, 1.165) is 51.4 Å². The standard InChI is InChI=1S/C40H52O6/c1-29(21-25-45-37(43)31-17-9-7-10-18-31)15-13-23-39(3,4)33-27-36(42)34(28-35(33)41)40(5,6)24-14-16-30(2)22-26-46-38(44)32-19-11-8-12-20-32/h7-12,17-20,27-30H,13-16,21-26H2,1-6H3. The lowest BCUT2D eigenvalue weighted by Gasteiger charge is -2.33. The first kappa shape index (κ1) is 36.7. The largest absolute Gasteiger partial charge is 0.462 e. The van der Waals surface area contributed by atoms with Gasteiger partial charge >= 0.3 is 11.9 Å². The molecule has 248 valence electrons. The summed E-state index contributed by atoms with van der Waals surface area (Å²) in [5.74, 6) is 0.00744. The van der Waals surface area contributed by atoms with E-state index in [2.05, 4.69) is 13.8 Å². The normalized spacial score (nSPS) is 15.1. The molecule has 0 saturated heterocycles. The second kappa shape index (κ2) is 17.2. The fourth-order valence-electron chi connectivity index (χ4n) is 5.98. The zero-order valence-electron chi connectivity index (χ0n) is 28.6. The van der Waals surface area contributed by atoms with Crippen molar-refractivity contribution in [1.82, 2.24) is 0 Å². The third-order valence-electron chi connectivity index (χ3n) is 9.24. The fourth-order valence-corrected chi connectivity index (χ4v) is 5.98. The van der Waals surface area contributed by atoms with Gasteiger partial charge in [0.05, 0.1) is 24.3 Å². The topological polar surface area (TPSA) is 86.7 Å². The first-order valence-corrected chi connectivity index (χ1v) is 16.8. The van der Waals surface area contributed by atoms with Gasteiger partial charge in [-0.2, -0.15) is 0 Å². The van der Waals surface area contributed by atoms with E-state index in [-0.39, 0.29) is 23.5 Å². The van der Waals surface area contributed by atoms with Gasteiger partial charge in [0.1, 0.15) is 0 Å². The molecule has 0 fully saturated rings. The third-order valence-corrected chi connectivity index (χ3v) is 9.24. The van der Waals surface area contributed by atoms with E-state index in [1.165, 1.54) is 0 Å². The van der Waals surface area contributed by atoms with Crippen molar-refractivity contribution in [2.45, 2.75) is 92.9 Å². The lowest BCUT2D eigenvalue weighted by Crippen LogP contribution is -2.30. The van der Waals surface area contributed by atoms with Gasteiger partial charge in [-0.25, -0.2) is 9.59 Å². The Bertz CT molecular complexity index is 1280. The Kier molecular flexibility index (Phi) is 13.7. The van der Waals surface area contributed by atoms with E-state index in [1.54, 1.807) is 36.4 Å². The van der Waals surface area contributed by atoms with Gasteiger partial charge in [0.25, 0.3) is 0 Å². The molecule has 0 amide bonds. The molecule has 3 rings (SSSR count). The van der Waals surface area contributed by atoms with Crippen LogP contribution in [0.1, 0.15) is 114 Å². The third kappa shape index (κ3) is 11.2. The predicted molar refractivity (Wildman–Crippen MR) is 182 cm³/mol. The zero-order valence-corrected chi connectivity index (χ0v) is 28.6. The van der Waals surface area contributed by atoms with Crippen molar-refractivity contribution in [3.05, 3.63) is 95.1 Å². The van der Waals surface area contributed by atoms with Crippen LogP contribution in [0.3, 0.4) is 0 Å². The fraction of sp³-hybridized carbons (Fsp3) is 0.500. The highest BCUT2D eigenvalue weighted by atomic mass is 16.5. The number of hydrogen-bond donors (Lipinski definition) is 0. The molecule has 1 aliphatic carbocycles. The van der Waals surface area contributed by atoms with E-state index >= 15 is 0 Å². The highest BCUT2D eigenvalue weighted by Crippen LogP contribution is 2.40. The van der Waals surface area contributed by atoms with E-state index in [0.29, 0.717) is 47.3 Å². The Morgan fingerprint density at radius 2 is 0.935 bits per heavy atom. The maximum Gasteiger partial charge on any atom is 0.338 e. The van der Waals surface area contributed by atoms with Gasteiger partial charge in [-0.3, -0.25) is 9.59 Å². The number of carbonyl (C=O) groups excluding carboxylic acids is 4. The van der Waals surface area contributed by atoms with Crippen molar-refractivity contribution in [3.63, 3.8) is 0 Å². The number of ketones is 2. The van der Waals surface area contributed by atoms with Crippen LogP contribution in [0.25, 0.3) is 0 Å². The second-order valence-electron chi connectivity index (χ2n) is 14.2. The minimum atomic E-state index is -0.419. The summed E-state index contributed by atoms with van der Waals surface area (Å²) in [5.41, 5.74) is 1.45. The number of carbonyl (C=O) groups is 4. The molecular formula is C40H52O6. The molecule has 46 heavy (non-hydrogen) atoms. The summed E-state index contributed by atoms with van der Waals surface area (Å²) in [4.78, 5) is 51.0. The molecule has 1 aliphatic rings. The molecule has 2 unspecified atom stereocenters. The monoisotopic (exact) mass is 628 g/mol. The van der Waals surface area contributed by atoms with Crippen LogP contribution in [0.15, 0.2) is 84.0 Å². The number of ether oxygens (including phenoxy) is 2. The van der Waals surface area contributed by atoms with Crippen LogP contribution in [-0.2, 0) is 19.1 Å². The summed E-state index contributed by atoms with van der Waals surface area (Å²) in [6.45, 7) is 13.2. The van der Waals surface area contributed by atoms with Gasteiger partial charge in [-0.15, -0.1) is 0 Å². The Morgan fingerprint density at radius 3 is 1.28 bits per heavy atom. The molecule has 0 radical (unpaired) electrons. The Balaban J connectivity index is 1.39. The van der Waals surface area contributed by atoms with Crippen molar-refractivity contribution < 1.29 is 28.7 Å². The van der Waals surface area contributed by atoms with E-state index in [4.69, 9.17) is 9.47 Å². The number of esters is 2. The summed E-state index contributed by atoms with van der Waals surface area (Å²) >= 11 is 0. The molecule has 0 saturated carbocycles. The molecule has 2 atom stereocenters. The molecule has 0 bridgehead atoms. The average Bonchev–Trinajstić information content (AvgIpc) is 3.02. The highest BCUT2D eigenvalue weighted by Gasteiger charge is 2.36. The van der Waals surface area contributed by atoms with Crippen LogP contribution in [0, 0.1) is 22.7 Å². The number of rotatable bonds is 18. The zero-order chi connectivity index (χ0) is 33.7. The van der Waals surface area contributed by atoms with Crippen molar-refractivity contribution in [3.8, 4) is 0 Å². The molecule has 0 aliphatic heterocycles. The van der Waals surface area contributed by atoms with Crippen LogP contribution in [0.4, 0.5) is 0 Å². The van der Waals surface area contributed by atoms with Crippen LogP contribution in [0.5, 0.6) is 0 Å². The van der Waals surface area contributed by atoms with Crippen molar-refractivity contribution >= 4 is 23.5 Å². The average molecular weight is 629 g/mol. The summed E-state index contributed by atoms with van der Waals surface area (Å²) < 4.78 is 10.8. The summed E-state index contributed by atoms with van der Waals surface area (Å²) in [6, 6.07) is 18.0. The van der Waals surface area contributed by atoms with Gasteiger partial charge in [0, 0.05) is 11.1 Å². The molecule has 0 spiro atoms. The lowest BCUT2D eigenvalue weighted by atomic mass is 9.70. The predicted octanol–water partition coefficient (Wildman–Crippen LogP) is 9.15. The van der Waals surface area contributed by atoms with Gasteiger partial charge in [0.2, 0.25) is 0 Å². The molecule has 0 heterocycles. The van der Waals surface area contributed by atoms with Crippen LogP contribution in [0.2, 0.25) is 0 Å². The lowest BCUT2D eigenvalue weighted by molar-refractivity contribution is -0.116. The number of benzene rings is 2. The number of allylic oxidation sites excluding steroid dienone is 4. The van der Waals surface area contributed by atoms with Gasteiger partial charge in [-0.05, 0) is 84.8 Å². The van der Waals surface area contributed by atoms with Gasteiger partial charge in [-0.1, -0.05) is 104 Å². The SMILES string of the molecule is CC(CCCC(C)(C)C1=CC(=O)C(C(C)(C)CCCC(C)CCOC(=O)c2ccccc2)=CC1=O)CCOC(=O)c1ccccc1. The Labute approximate surface area is 275 Å². The minimum Gasteiger partial charge on any atom is -0.462 e. The first-order chi connectivity index (χ1) is 21.8. The second-order valence-corrected chi connectivity index (χ2v) is 14.2. The Morgan fingerprint density at radius 1 is 0.587 bits per heavy atom. The van der Waals surface area contributed by atoms with Crippen LogP contribution in [-0.4, -0.2) is 36.7 Å². The maximum atomic E-state index is 13.3. The van der Waals surface area contributed by atoms with Gasteiger partial charge < -0.3 is 9.47 Å². The van der Waals surface area contributed by atoms with Gasteiger partial charge in [0.15, 0.2) is 11.6 Å². The molecule has 6 heteroatoms. The number of hydrogen-bond acceptors (Lipinski definition) is 6. The van der Waals surface area contributed by atoms with Crippen LogP contribution < -0.4 is 0 Å². The summed E-state index contributed by atoms with van der Waals surface area (Å²) in [7, 11) is 0. The molecule has 0 N–H and O–H groups in total. The Hall–Kier alpha value is -3.80. The van der Waals surface area contributed by atoms with Crippen molar-refractivity contribution in [1.29, 1.82) is 0 Å².